The Bertz CT molecular complexity index is 685. The van der Waals surface area contributed by atoms with E-state index in [0.717, 1.165) is 14.8 Å². The van der Waals surface area contributed by atoms with Crippen LogP contribution in [0.2, 0.25) is 4.34 Å². The minimum absolute atomic E-state index is 0.0357. The van der Waals surface area contributed by atoms with Crippen molar-refractivity contribution in [3.63, 3.8) is 0 Å². The number of halogens is 1. The van der Waals surface area contributed by atoms with Gasteiger partial charge < -0.3 is 16.0 Å². The monoisotopic (exact) mass is 351 g/mol. The van der Waals surface area contributed by atoms with Crippen molar-refractivity contribution in [1.29, 1.82) is 0 Å². The molecule has 0 fully saturated rings. The molecule has 0 radical (unpaired) electrons. The first-order valence-corrected chi connectivity index (χ1v) is 8.34. The van der Waals surface area contributed by atoms with Crippen LogP contribution in [0.1, 0.15) is 27.7 Å². The zero-order valence-electron chi connectivity index (χ0n) is 12.7. The molecule has 0 aliphatic rings. The predicted octanol–water partition coefficient (Wildman–Crippen LogP) is 3.23. The maximum Gasteiger partial charge on any atom is 0.312 e. The van der Waals surface area contributed by atoms with Crippen molar-refractivity contribution in [1.82, 2.24) is 10.2 Å². The third kappa shape index (κ3) is 4.97. The number of primary amides is 1. The second-order valence-corrected chi connectivity index (χ2v) is 6.74. The van der Waals surface area contributed by atoms with Gasteiger partial charge in [0, 0.05) is 23.5 Å². The van der Waals surface area contributed by atoms with Crippen LogP contribution in [-0.2, 0) is 13.1 Å². The lowest BCUT2D eigenvalue weighted by molar-refractivity contribution is 0.0754. The third-order valence-electron chi connectivity index (χ3n) is 3.31. The summed E-state index contributed by atoms with van der Waals surface area (Å²) in [7, 11) is 0. The highest BCUT2D eigenvalue weighted by Crippen LogP contribution is 2.23. The highest BCUT2D eigenvalue weighted by atomic mass is 35.5. The summed E-state index contributed by atoms with van der Waals surface area (Å²) >= 11 is 7.40. The van der Waals surface area contributed by atoms with Crippen LogP contribution in [0.5, 0.6) is 0 Å². The molecule has 0 unspecified atom stereocenters. The topological polar surface area (TPSA) is 75.4 Å². The zero-order chi connectivity index (χ0) is 16.8. The average Bonchev–Trinajstić information content (AvgIpc) is 2.95. The van der Waals surface area contributed by atoms with Gasteiger partial charge in [-0.3, -0.25) is 4.79 Å². The molecule has 0 saturated heterocycles. The number of urea groups is 1. The molecule has 0 aliphatic heterocycles. The lowest BCUT2D eigenvalue weighted by Gasteiger charge is -2.20. The normalized spacial score (nSPS) is 10.3. The number of carbonyl (C=O) groups is 2. The Labute approximate surface area is 144 Å². The first kappa shape index (κ1) is 17.3. The van der Waals surface area contributed by atoms with Crippen molar-refractivity contribution in [2.45, 2.75) is 20.0 Å². The van der Waals surface area contributed by atoms with Gasteiger partial charge in [-0.25, -0.2) is 4.79 Å². The quantitative estimate of drug-likeness (QED) is 0.838. The fourth-order valence-corrected chi connectivity index (χ4v) is 3.19. The summed E-state index contributed by atoms with van der Waals surface area (Å²) in [5.41, 5.74) is 6.52. The van der Waals surface area contributed by atoms with Crippen LogP contribution in [0.3, 0.4) is 0 Å². The third-order valence-corrected chi connectivity index (χ3v) is 4.53. The number of benzene rings is 1. The van der Waals surface area contributed by atoms with Crippen LogP contribution in [0, 0.1) is 0 Å². The molecule has 1 heterocycles. The predicted molar refractivity (Wildman–Crippen MR) is 92.6 cm³/mol. The fourth-order valence-electron chi connectivity index (χ4n) is 2.09. The first-order valence-electron chi connectivity index (χ1n) is 7.15. The van der Waals surface area contributed by atoms with Crippen molar-refractivity contribution < 1.29 is 9.59 Å². The molecule has 3 amide bonds. The Balaban J connectivity index is 2.03. The van der Waals surface area contributed by atoms with E-state index >= 15 is 0 Å². The Kier molecular flexibility index (Phi) is 6.01. The van der Waals surface area contributed by atoms with E-state index in [2.05, 4.69) is 5.32 Å². The summed E-state index contributed by atoms with van der Waals surface area (Å²) < 4.78 is 0.717. The molecule has 0 atom stereocenters. The highest BCUT2D eigenvalue weighted by molar-refractivity contribution is 7.16. The smallest absolute Gasteiger partial charge is 0.312 e. The molecule has 0 spiro atoms. The van der Waals surface area contributed by atoms with Gasteiger partial charge in [0.15, 0.2) is 0 Å². The standard InChI is InChI=1S/C16H18ClN3O2S/c1-2-20(10-13-7-8-14(17)23-13)15(21)12-5-3-11(4-6-12)9-19-16(18)22/h3-8H,2,9-10H2,1H3,(H3,18,19,22). The molecule has 0 bridgehead atoms. The maximum absolute atomic E-state index is 12.6. The highest BCUT2D eigenvalue weighted by Gasteiger charge is 2.15. The molecule has 23 heavy (non-hydrogen) atoms. The summed E-state index contributed by atoms with van der Waals surface area (Å²) in [6, 6.07) is 10.3. The number of carbonyl (C=O) groups excluding carboxylic acids is 2. The van der Waals surface area contributed by atoms with Crippen molar-refractivity contribution in [2.75, 3.05) is 6.54 Å². The lowest BCUT2D eigenvalue weighted by Crippen LogP contribution is -2.30. The summed E-state index contributed by atoms with van der Waals surface area (Å²) in [4.78, 5) is 26.1. The summed E-state index contributed by atoms with van der Waals surface area (Å²) in [5, 5.41) is 2.51. The molecule has 0 saturated carbocycles. The van der Waals surface area contributed by atoms with E-state index in [-0.39, 0.29) is 5.91 Å². The minimum Gasteiger partial charge on any atom is -0.352 e. The van der Waals surface area contributed by atoms with Gasteiger partial charge >= 0.3 is 6.03 Å². The second-order valence-electron chi connectivity index (χ2n) is 4.94. The number of rotatable bonds is 6. The van der Waals surface area contributed by atoms with Gasteiger partial charge in [-0.2, -0.15) is 0 Å². The van der Waals surface area contributed by atoms with Crippen molar-refractivity contribution in [3.05, 3.63) is 56.7 Å². The molecule has 1 aromatic heterocycles. The van der Waals surface area contributed by atoms with Gasteiger partial charge in [0.05, 0.1) is 10.9 Å². The molecule has 122 valence electrons. The summed E-state index contributed by atoms with van der Waals surface area (Å²) in [5.74, 6) is -0.0357. The van der Waals surface area contributed by atoms with Crippen LogP contribution in [-0.4, -0.2) is 23.4 Å². The fraction of sp³-hybridized carbons (Fsp3) is 0.250. The van der Waals surface area contributed by atoms with Gasteiger partial charge in [-0.15, -0.1) is 11.3 Å². The molecule has 0 aliphatic carbocycles. The van der Waals surface area contributed by atoms with Gasteiger partial charge in [-0.05, 0) is 36.8 Å². The largest absolute Gasteiger partial charge is 0.352 e. The van der Waals surface area contributed by atoms with Crippen molar-refractivity contribution in [3.8, 4) is 0 Å². The number of nitrogens with two attached hydrogens (primary N) is 1. The number of hydrogen-bond acceptors (Lipinski definition) is 3. The SMILES string of the molecule is CCN(Cc1ccc(Cl)s1)C(=O)c1ccc(CNC(N)=O)cc1. The van der Waals surface area contributed by atoms with E-state index in [9.17, 15) is 9.59 Å². The van der Waals surface area contributed by atoms with E-state index in [1.54, 1.807) is 29.2 Å². The van der Waals surface area contributed by atoms with Gasteiger partial charge in [0.1, 0.15) is 0 Å². The summed E-state index contributed by atoms with van der Waals surface area (Å²) in [6.45, 7) is 3.43. The maximum atomic E-state index is 12.6. The van der Waals surface area contributed by atoms with Gasteiger partial charge in [0.25, 0.3) is 5.91 Å². The van der Waals surface area contributed by atoms with Crippen LogP contribution >= 0.6 is 22.9 Å². The summed E-state index contributed by atoms with van der Waals surface area (Å²) in [6.07, 6.45) is 0. The van der Waals surface area contributed by atoms with E-state index in [1.807, 2.05) is 19.1 Å². The lowest BCUT2D eigenvalue weighted by atomic mass is 10.1. The Hall–Kier alpha value is -2.05. The number of hydrogen-bond donors (Lipinski definition) is 2. The van der Waals surface area contributed by atoms with Crippen molar-refractivity contribution in [2.24, 2.45) is 5.73 Å². The molecular weight excluding hydrogens is 334 g/mol. The number of thiophene rings is 1. The van der Waals surface area contributed by atoms with Gasteiger partial charge in [0.2, 0.25) is 0 Å². The molecule has 2 rings (SSSR count). The molecular formula is C16H18ClN3O2S. The second kappa shape index (κ2) is 7.99. The van der Waals surface area contributed by atoms with Gasteiger partial charge in [-0.1, -0.05) is 23.7 Å². The van der Waals surface area contributed by atoms with E-state index < -0.39 is 6.03 Å². The molecule has 5 nitrogen and oxygen atoms in total. The first-order chi connectivity index (χ1) is 11.0. The van der Waals surface area contributed by atoms with E-state index in [4.69, 9.17) is 17.3 Å². The van der Waals surface area contributed by atoms with Crippen LogP contribution in [0.4, 0.5) is 4.79 Å². The van der Waals surface area contributed by atoms with Crippen LogP contribution in [0.15, 0.2) is 36.4 Å². The Morgan fingerprint density at radius 3 is 2.43 bits per heavy atom. The van der Waals surface area contributed by atoms with Crippen LogP contribution in [0.25, 0.3) is 0 Å². The molecule has 2 aromatic rings. The Morgan fingerprint density at radius 1 is 1.22 bits per heavy atom. The zero-order valence-corrected chi connectivity index (χ0v) is 14.3. The van der Waals surface area contributed by atoms with Crippen LogP contribution < -0.4 is 11.1 Å². The number of amides is 3. The van der Waals surface area contributed by atoms with E-state index in [0.29, 0.717) is 25.2 Å². The minimum atomic E-state index is -0.572. The van der Waals surface area contributed by atoms with E-state index in [1.165, 1.54) is 11.3 Å². The Morgan fingerprint density at radius 2 is 1.91 bits per heavy atom. The van der Waals surface area contributed by atoms with Crippen molar-refractivity contribution >= 4 is 34.9 Å². The molecule has 1 aromatic carbocycles. The average molecular weight is 352 g/mol. The number of nitrogens with one attached hydrogen (secondary N) is 1. The molecule has 7 heteroatoms. The molecule has 3 N–H and O–H groups in total. The number of nitrogens with zero attached hydrogens (tertiary/aromatic N) is 1.